The van der Waals surface area contributed by atoms with Crippen molar-refractivity contribution in [3.05, 3.63) is 59.4 Å². The number of nitrogens with zero attached hydrogens (tertiary/aromatic N) is 1. The molecule has 0 bridgehead atoms. The van der Waals surface area contributed by atoms with Crippen molar-refractivity contribution in [2.75, 3.05) is 13.1 Å². The molecule has 1 N–H and O–H groups in total. The molecule has 0 spiro atoms. The first-order valence-electron chi connectivity index (χ1n) is 7.62. The fraction of sp³-hybridized carbons (Fsp3) is 0.389. The summed E-state index contributed by atoms with van der Waals surface area (Å²) in [5.41, 5.74) is 3.54. The standard InChI is InChI=1S/C18H24N2O/c1-3-11-19-12-10-16-5-7-17(8-6-16)14-21-18-9-4-15(2)20-13-18/h4-9,13,19H,3,10-12,14H2,1-2H3. The molecule has 0 fully saturated rings. The lowest BCUT2D eigenvalue weighted by molar-refractivity contribution is 0.305. The Balaban J connectivity index is 1.78. The van der Waals surface area contributed by atoms with Gasteiger partial charge in [0.05, 0.1) is 6.20 Å². The summed E-state index contributed by atoms with van der Waals surface area (Å²) in [6.07, 6.45) is 4.02. The molecule has 2 aromatic rings. The third-order valence-electron chi connectivity index (χ3n) is 3.33. The second kappa shape index (κ2) is 8.42. The van der Waals surface area contributed by atoms with Crippen molar-refractivity contribution in [3.8, 4) is 5.75 Å². The van der Waals surface area contributed by atoms with Gasteiger partial charge in [0, 0.05) is 5.69 Å². The smallest absolute Gasteiger partial charge is 0.138 e. The molecule has 21 heavy (non-hydrogen) atoms. The average molecular weight is 284 g/mol. The number of hydrogen-bond donors (Lipinski definition) is 1. The van der Waals surface area contributed by atoms with E-state index in [0.29, 0.717) is 6.61 Å². The summed E-state index contributed by atoms with van der Waals surface area (Å²) in [6, 6.07) is 12.5. The monoisotopic (exact) mass is 284 g/mol. The number of rotatable bonds is 8. The summed E-state index contributed by atoms with van der Waals surface area (Å²) >= 11 is 0. The van der Waals surface area contributed by atoms with E-state index in [1.54, 1.807) is 6.20 Å². The SMILES string of the molecule is CCCNCCc1ccc(COc2ccc(C)nc2)cc1. The van der Waals surface area contributed by atoms with Crippen molar-refractivity contribution in [1.82, 2.24) is 10.3 Å². The fourth-order valence-corrected chi connectivity index (χ4v) is 2.04. The maximum atomic E-state index is 5.73. The van der Waals surface area contributed by atoms with Gasteiger partial charge in [-0.15, -0.1) is 0 Å². The van der Waals surface area contributed by atoms with E-state index < -0.39 is 0 Å². The highest BCUT2D eigenvalue weighted by Crippen LogP contribution is 2.12. The van der Waals surface area contributed by atoms with E-state index in [2.05, 4.69) is 41.5 Å². The van der Waals surface area contributed by atoms with Crippen LogP contribution in [0, 0.1) is 6.92 Å². The predicted octanol–water partition coefficient (Wildman–Crippen LogP) is 3.51. The van der Waals surface area contributed by atoms with E-state index in [0.717, 1.165) is 31.0 Å². The third-order valence-corrected chi connectivity index (χ3v) is 3.33. The molecule has 0 saturated carbocycles. The van der Waals surface area contributed by atoms with Crippen LogP contribution in [-0.4, -0.2) is 18.1 Å². The van der Waals surface area contributed by atoms with Crippen LogP contribution in [0.4, 0.5) is 0 Å². The molecule has 1 aromatic carbocycles. The van der Waals surface area contributed by atoms with Gasteiger partial charge < -0.3 is 10.1 Å². The third kappa shape index (κ3) is 5.56. The van der Waals surface area contributed by atoms with Gasteiger partial charge in [0.1, 0.15) is 12.4 Å². The van der Waals surface area contributed by atoms with Crippen LogP contribution in [0.25, 0.3) is 0 Å². The molecule has 2 rings (SSSR count). The van der Waals surface area contributed by atoms with Crippen molar-refractivity contribution < 1.29 is 4.74 Å². The maximum absolute atomic E-state index is 5.73. The zero-order chi connectivity index (χ0) is 14.9. The Morgan fingerprint density at radius 2 is 1.76 bits per heavy atom. The first kappa shape index (κ1) is 15.5. The second-order valence-corrected chi connectivity index (χ2v) is 5.24. The molecule has 3 nitrogen and oxygen atoms in total. The second-order valence-electron chi connectivity index (χ2n) is 5.24. The lowest BCUT2D eigenvalue weighted by atomic mass is 10.1. The number of pyridine rings is 1. The largest absolute Gasteiger partial charge is 0.487 e. The predicted molar refractivity (Wildman–Crippen MR) is 86.6 cm³/mol. The van der Waals surface area contributed by atoms with Crippen molar-refractivity contribution in [3.63, 3.8) is 0 Å². The Morgan fingerprint density at radius 1 is 1.00 bits per heavy atom. The summed E-state index contributed by atoms with van der Waals surface area (Å²) in [5.74, 6) is 0.813. The van der Waals surface area contributed by atoms with Crippen LogP contribution in [0.5, 0.6) is 5.75 Å². The lowest BCUT2D eigenvalue weighted by Crippen LogP contribution is -2.17. The van der Waals surface area contributed by atoms with Gasteiger partial charge in [0.2, 0.25) is 0 Å². The average Bonchev–Trinajstić information content (AvgIpc) is 2.52. The van der Waals surface area contributed by atoms with E-state index >= 15 is 0 Å². The van der Waals surface area contributed by atoms with Crippen LogP contribution in [0.15, 0.2) is 42.6 Å². The van der Waals surface area contributed by atoms with Crippen molar-refractivity contribution in [2.45, 2.75) is 33.3 Å². The molecule has 0 atom stereocenters. The molecule has 0 saturated heterocycles. The van der Waals surface area contributed by atoms with E-state index in [1.165, 1.54) is 17.5 Å². The van der Waals surface area contributed by atoms with E-state index in [-0.39, 0.29) is 0 Å². The molecular weight excluding hydrogens is 260 g/mol. The molecule has 0 unspecified atom stereocenters. The first-order valence-corrected chi connectivity index (χ1v) is 7.62. The molecule has 0 aliphatic heterocycles. The number of nitrogens with one attached hydrogen (secondary N) is 1. The van der Waals surface area contributed by atoms with E-state index in [1.807, 2.05) is 19.1 Å². The Labute approximate surface area is 127 Å². The summed E-state index contributed by atoms with van der Waals surface area (Å²) in [5, 5.41) is 3.42. The number of ether oxygens (including phenoxy) is 1. The van der Waals surface area contributed by atoms with Gasteiger partial charge in [-0.05, 0) is 56.1 Å². The van der Waals surface area contributed by atoms with Gasteiger partial charge >= 0.3 is 0 Å². The Morgan fingerprint density at radius 3 is 2.43 bits per heavy atom. The molecular formula is C18H24N2O. The zero-order valence-electron chi connectivity index (χ0n) is 12.9. The molecule has 0 aliphatic rings. The lowest BCUT2D eigenvalue weighted by Gasteiger charge is -2.07. The molecule has 1 heterocycles. The van der Waals surface area contributed by atoms with Gasteiger partial charge in [-0.25, -0.2) is 0 Å². The van der Waals surface area contributed by atoms with Crippen LogP contribution >= 0.6 is 0 Å². The highest BCUT2D eigenvalue weighted by atomic mass is 16.5. The van der Waals surface area contributed by atoms with Gasteiger partial charge in [0.25, 0.3) is 0 Å². The van der Waals surface area contributed by atoms with E-state index in [9.17, 15) is 0 Å². The number of aryl methyl sites for hydroxylation is 1. The molecule has 112 valence electrons. The number of benzene rings is 1. The quantitative estimate of drug-likeness (QED) is 0.753. The fourth-order valence-electron chi connectivity index (χ4n) is 2.04. The van der Waals surface area contributed by atoms with Crippen LogP contribution in [-0.2, 0) is 13.0 Å². The molecule has 3 heteroatoms. The summed E-state index contributed by atoms with van der Waals surface area (Å²) in [7, 11) is 0. The topological polar surface area (TPSA) is 34.1 Å². The van der Waals surface area contributed by atoms with Gasteiger partial charge in [-0.1, -0.05) is 31.2 Å². The van der Waals surface area contributed by atoms with E-state index in [4.69, 9.17) is 4.74 Å². The molecule has 0 amide bonds. The van der Waals surface area contributed by atoms with Crippen LogP contribution in [0.3, 0.4) is 0 Å². The minimum absolute atomic E-state index is 0.582. The minimum atomic E-state index is 0.582. The van der Waals surface area contributed by atoms with Crippen molar-refractivity contribution >= 4 is 0 Å². The zero-order valence-corrected chi connectivity index (χ0v) is 12.9. The molecule has 1 aromatic heterocycles. The number of aromatic nitrogens is 1. The Bertz CT molecular complexity index is 520. The highest BCUT2D eigenvalue weighted by molar-refractivity contribution is 5.24. The van der Waals surface area contributed by atoms with Crippen LogP contribution < -0.4 is 10.1 Å². The maximum Gasteiger partial charge on any atom is 0.138 e. The highest BCUT2D eigenvalue weighted by Gasteiger charge is 1.98. The minimum Gasteiger partial charge on any atom is -0.487 e. The normalized spacial score (nSPS) is 10.6. The summed E-state index contributed by atoms with van der Waals surface area (Å²) in [6.45, 7) is 6.87. The summed E-state index contributed by atoms with van der Waals surface area (Å²) < 4.78 is 5.73. The van der Waals surface area contributed by atoms with Crippen molar-refractivity contribution in [2.24, 2.45) is 0 Å². The van der Waals surface area contributed by atoms with Gasteiger partial charge in [-0.3, -0.25) is 4.98 Å². The summed E-state index contributed by atoms with van der Waals surface area (Å²) in [4.78, 5) is 4.22. The first-order chi connectivity index (χ1) is 10.3. The molecule has 0 aliphatic carbocycles. The van der Waals surface area contributed by atoms with Gasteiger partial charge in [0.15, 0.2) is 0 Å². The van der Waals surface area contributed by atoms with Crippen LogP contribution in [0.2, 0.25) is 0 Å². The Kier molecular flexibility index (Phi) is 6.22. The van der Waals surface area contributed by atoms with Gasteiger partial charge in [-0.2, -0.15) is 0 Å². The number of hydrogen-bond acceptors (Lipinski definition) is 3. The van der Waals surface area contributed by atoms with Crippen molar-refractivity contribution in [1.29, 1.82) is 0 Å². The Hall–Kier alpha value is -1.87. The molecule has 0 radical (unpaired) electrons. The van der Waals surface area contributed by atoms with Crippen LogP contribution in [0.1, 0.15) is 30.2 Å².